The smallest absolute Gasteiger partial charge is 0.411 e. The molecule has 1 heterocycles. The maximum absolute atomic E-state index is 13.0. The molecule has 44 heavy (non-hydrogen) atoms. The van der Waals surface area contributed by atoms with Crippen LogP contribution in [0.3, 0.4) is 0 Å². The van der Waals surface area contributed by atoms with Gasteiger partial charge in [0, 0.05) is 23.0 Å². The molecule has 0 radical (unpaired) electrons. The highest BCUT2D eigenvalue weighted by molar-refractivity contribution is 7.90. The molecule has 228 valence electrons. The third-order valence-corrected chi connectivity index (χ3v) is 9.79. The third-order valence-electron chi connectivity index (χ3n) is 8.42. The van der Waals surface area contributed by atoms with Crippen molar-refractivity contribution in [2.24, 2.45) is 11.8 Å². The average molecular weight is 616 g/mol. The Morgan fingerprint density at radius 2 is 1.86 bits per heavy atom. The van der Waals surface area contributed by atoms with Gasteiger partial charge in [-0.05, 0) is 85.4 Å². The van der Waals surface area contributed by atoms with E-state index < -0.39 is 22.0 Å². The maximum atomic E-state index is 13.0. The molecular weight excluding hydrogens is 582 g/mol. The van der Waals surface area contributed by atoms with E-state index in [2.05, 4.69) is 16.6 Å². The number of hydrogen-bond acceptors (Lipinski definition) is 7. The summed E-state index contributed by atoms with van der Waals surface area (Å²) in [6.07, 6.45) is 7.09. The molecule has 3 unspecified atom stereocenters. The second-order valence-corrected chi connectivity index (χ2v) is 12.8. The van der Waals surface area contributed by atoms with Crippen molar-refractivity contribution in [2.45, 2.75) is 43.2 Å². The van der Waals surface area contributed by atoms with Gasteiger partial charge in [-0.15, -0.1) is 0 Å². The van der Waals surface area contributed by atoms with E-state index in [-0.39, 0.29) is 22.3 Å². The van der Waals surface area contributed by atoms with E-state index >= 15 is 0 Å². The lowest BCUT2D eigenvalue weighted by atomic mass is 9.98. The van der Waals surface area contributed by atoms with Crippen LogP contribution in [0, 0.1) is 11.8 Å². The summed E-state index contributed by atoms with van der Waals surface area (Å²) in [4.78, 5) is 25.4. The minimum absolute atomic E-state index is 0.000976. The Morgan fingerprint density at radius 1 is 1.02 bits per heavy atom. The van der Waals surface area contributed by atoms with Crippen molar-refractivity contribution in [1.29, 1.82) is 0 Å². The Morgan fingerprint density at radius 3 is 2.61 bits per heavy atom. The second kappa shape index (κ2) is 12.1. The van der Waals surface area contributed by atoms with E-state index in [4.69, 9.17) is 14.2 Å². The highest BCUT2D eigenvalue weighted by Crippen LogP contribution is 2.46. The Balaban J connectivity index is 1.16. The summed E-state index contributed by atoms with van der Waals surface area (Å²) in [5, 5.41) is 3.86. The highest BCUT2D eigenvalue weighted by atomic mass is 32.2. The monoisotopic (exact) mass is 615 g/mol. The van der Waals surface area contributed by atoms with Crippen molar-refractivity contribution >= 4 is 38.6 Å². The molecule has 0 spiro atoms. The summed E-state index contributed by atoms with van der Waals surface area (Å²) in [7, 11) is -2.75. The first kappa shape index (κ1) is 29.3. The fraction of sp³-hybridized carbons (Fsp3) is 0.273. The molecule has 2 saturated carbocycles. The van der Waals surface area contributed by atoms with Gasteiger partial charge in [0.05, 0.1) is 25.4 Å². The quantitative estimate of drug-likeness (QED) is 0.207. The molecule has 4 aromatic rings. The molecule has 1 aromatic heterocycles. The van der Waals surface area contributed by atoms with Gasteiger partial charge in [0.2, 0.25) is 0 Å². The van der Waals surface area contributed by atoms with Crippen LogP contribution in [-0.4, -0.2) is 38.2 Å². The molecule has 10 nitrogen and oxygen atoms in total. The van der Waals surface area contributed by atoms with E-state index in [1.54, 1.807) is 18.2 Å². The molecular formula is C33H33N3O7S. The molecule has 11 heteroatoms. The number of carbonyl (C=O) groups excluding carboxylic acids is 2. The van der Waals surface area contributed by atoms with Crippen LogP contribution in [0.1, 0.15) is 41.6 Å². The van der Waals surface area contributed by atoms with Crippen molar-refractivity contribution in [2.75, 3.05) is 12.4 Å². The van der Waals surface area contributed by atoms with E-state index in [0.717, 1.165) is 42.0 Å². The minimum atomic E-state index is -4.23. The van der Waals surface area contributed by atoms with Crippen molar-refractivity contribution < 1.29 is 32.2 Å². The number of hydrogen-bond donors (Lipinski definition) is 2. The standard InChI is InChI=1S/C33H33N3O7S/c1-3-42-28-6-4-5-7-31(28)44(39,40)35-32(37)24-10-11-25(29(18-24)41-2)20-36-15-14-22-12-13-26(19-27(22)36)34-33(38)43-30-17-21-8-9-23(30)16-21/h3-7,10-15,18-19,21,23,30H,1,8-9,16-17,20H2,2H3,(H,34,38)(H,35,37). The number of benzene rings is 3. The first-order chi connectivity index (χ1) is 21.2. The average Bonchev–Trinajstić information content (AvgIpc) is 3.74. The van der Waals surface area contributed by atoms with Gasteiger partial charge in [0.1, 0.15) is 22.5 Å². The van der Waals surface area contributed by atoms with Crippen LogP contribution in [0.25, 0.3) is 10.9 Å². The van der Waals surface area contributed by atoms with Gasteiger partial charge in [-0.3, -0.25) is 10.1 Å². The molecule has 3 atom stereocenters. The zero-order chi connectivity index (χ0) is 30.8. The van der Waals surface area contributed by atoms with Crippen molar-refractivity contribution in [1.82, 2.24) is 9.29 Å². The normalized spacial score (nSPS) is 19.0. The van der Waals surface area contributed by atoms with Crippen LogP contribution in [0.4, 0.5) is 10.5 Å². The summed E-state index contributed by atoms with van der Waals surface area (Å²) in [5.41, 5.74) is 2.39. The molecule has 2 aliphatic carbocycles. The van der Waals surface area contributed by atoms with Gasteiger partial charge in [-0.1, -0.05) is 30.8 Å². The molecule has 2 fully saturated rings. The zero-order valence-electron chi connectivity index (χ0n) is 24.2. The number of rotatable bonds is 10. The number of anilines is 1. The fourth-order valence-electron chi connectivity index (χ4n) is 6.31. The first-order valence-electron chi connectivity index (χ1n) is 14.4. The largest absolute Gasteiger partial charge is 0.496 e. The number of fused-ring (bicyclic) bond motifs is 3. The molecule has 2 aliphatic rings. The van der Waals surface area contributed by atoms with Crippen LogP contribution in [0.2, 0.25) is 0 Å². The summed E-state index contributed by atoms with van der Waals surface area (Å²) in [6, 6.07) is 18.3. The Labute approximate surface area is 255 Å². The highest BCUT2D eigenvalue weighted by Gasteiger charge is 2.41. The number of sulfonamides is 1. The number of nitrogens with zero attached hydrogens (tertiary/aromatic N) is 1. The fourth-order valence-corrected chi connectivity index (χ4v) is 7.42. The van der Waals surface area contributed by atoms with Gasteiger partial charge in [0.25, 0.3) is 15.9 Å². The number of carbonyl (C=O) groups is 2. The lowest BCUT2D eigenvalue weighted by Gasteiger charge is -2.22. The van der Waals surface area contributed by atoms with Crippen molar-refractivity contribution in [3.05, 3.63) is 96.9 Å². The van der Waals surface area contributed by atoms with E-state index in [1.807, 2.05) is 35.0 Å². The number of para-hydroxylation sites is 1. The molecule has 2 bridgehead atoms. The van der Waals surface area contributed by atoms with Crippen LogP contribution >= 0.6 is 0 Å². The van der Waals surface area contributed by atoms with Crippen LogP contribution in [0.5, 0.6) is 11.5 Å². The summed E-state index contributed by atoms with van der Waals surface area (Å²) < 4.78 is 46.5. The summed E-state index contributed by atoms with van der Waals surface area (Å²) in [5.74, 6) is 0.811. The second-order valence-electron chi connectivity index (χ2n) is 11.2. The number of nitrogens with one attached hydrogen (secondary N) is 2. The van der Waals surface area contributed by atoms with Gasteiger partial charge in [-0.2, -0.15) is 0 Å². The van der Waals surface area contributed by atoms with E-state index in [1.165, 1.54) is 37.8 Å². The predicted octanol–water partition coefficient (Wildman–Crippen LogP) is 6.08. The van der Waals surface area contributed by atoms with Crippen molar-refractivity contribution in [3.8, 4) is 11.5 Å². The van der Waals surface area contributed by atoms with Crippen LogP contribution in [-0.2, 0) is 21.3 Å². The zero-order valence-corrected chi connectivity index (χ0v) is 25.0. The Kier molecular flexibility index (Phi) is 8.05. The molecule has 3 aromatic carbocycles. The first-order valence-corrected chi connectivity index (χ1v) is 15.9. The van der Waals surface area contributed by atoms with Gasteiger partial charge < -0.3 is 18.8 Å². The van der Waals surface area contributed by atoms with Crippen LogP contribution < -0.4 is 19.5 Å². The van der Waals surface area contributed by atoms with Gasteiger partial charge >= 0.3 is 6.09 Å². The predicted molar refractivity (Wildman–Crippen MR) is 165 cm³/mol. The van der Waals surface area contributed by atoms with E-state index in [0.29, 0.717) is 29.8 Å². The van der Waals surface area contributed by atoms with E-state index in [9.17, 15) is 18.0 Å². The van der Waals surface area contributed by atoms with Gasteiger partial charge in [0.15, 0.2) is 0 Å². The summed E-state index contributed by atoms with van der Waals surface area (Å²) in [6.45, 7) is 3.86. The molecule has 0 saturated heterocycles. The molecule has 2 N–H and O–H groups in total. The minimum Gasteiger partial charge on any atom is -0.496 e. The number of ether oxygens (including phenoxy) is 3. The lowest BCUT2D eigenvalue weighted by molar-refractivity contribution is 0.0755. The number of methoxy groups -OCH3 is 1. The molecule has 2 amide bonds. The topological polar surface area (TPSA) is 125 Å². The summed E-state index contributed by atoms with van der Waals surface area (Å²) >= 11 is 0. The van der Waals surface area contributed by atoms with Crippen LogP contribution in [0.15, 0.2) is 90.7 Å². The van der Waals surface area contributed by atoms with Gasteiger partial charge in [-0.25, -0.2) is 17.9 Å². The number of aromatic nitrogens is 1. The van der Waals surface area contributed by atoms with Crippen molar-refractivity contribution in [3.63, 3.8) is 0 Å². The molecule has 6 rings (SSSR count). The SMILES string of the molecule is C=COc1ccccc1S(=O)(=O)NC(=O)c1ccc(Cn2ccc3ccc(NC(=O)OC4CC5CCC4C5)cc32)c(OC)c1. The Bertz CT molecular complexity index is 1850. The number of amides is 2. The lowest BCUT2D eigenvalue weighted by Crippen LogP contribution is -2.30. The third kappa shape index (κ3) is 6.00. The maximum Gasteiger partial charge on any atom is 0.411 e. The molecule has 0 aliphatic heterocycles. The Hall–Kier alpha value is -4.77.